The second-order valence-corrected chi connectivity index (χ2v) is 5.91. The minimum Gasteiger partial charge on any atom is -0.353 e. The molecule has 0 amide bonds. The third-order valence-electron chi connectivity index (χ3n) is 4.29. The highest BCUT2D eigenvalue weighted by atomic mass is 16.7. The maximum atomic E-state index is 5.89. The van der Waals surface area contributed by atoms with Crippen molar-refractivity contribution in [2.45, 2.75) is 64.3 Å². The zero-order valence-electron chi connectivity index (χ0n) is 12.7. The molecule has 0 spiro atoms. The van der Waals surface area contributed by atoms with E-state index in [1.165, 1.54) is 44.1 Å². The third-order valence-corrected chi connectivity index (χ3v) is 4.29. The quantitative estimate of drug-likeness (QED) is 0.623. The Morgan fingerprint density at radius 2 is 2.15 bits per heavy atom. The lowest BCUT2D eigenvalue weighted by Crippen LogP contribution is -2.22. The number of rotatable bonds is 7. The molecule has 0 aromatic rings. The van der Waals surface area contributed by atoms with Crippen molar-refractivity contribution in [2.75, 3.05) is 6.61 Å². The van der Waals surface area contributed by atoms with Gasteiger partial charge in [0.2, 0.25) is 0 Å². The summed E-state index contributed by atoms with van der Waals surface area (Å²) in [5, 5.41) is 0. The standard InChI is InChI=1S/C18H28O2/c1-3-16-9-11-18(12-10-16)20-15(2)19-14-13-17-7-5-4-6-8-17/h3,9-11,15,17-18H,1,4-8,12-14H2,2H3. The third kappa shape index (κ3) is 5.26. The van der Waals surface area contributed by atoms with Crippen molar-refractivity contribution in [3.63, 3.8) is 0 Å². The molecule has 2 rings (SSSR count). The second kappa shape index (κ2) is 8.43. The molecule has 2 atom stereocenters. The van der Waals surface area contributed by atoms with E-state index in [9.17, 15) is 0 Å². The topological polar surface area (TPSA) is 18.5 Å². The molecule has 112 valence electrons. The van der Waals surface area contributed by atoms with E-state index in [1.807, 2.05) is 13.0 Å². The van der Waals surface area contributed by atoms with E-state index >= 15 is 0 Å². The Bertz CT molecular complexity index is 350. The Morgan fingerprint density at radius 1 is 1.35 bits per heavy atom. The van der Waals surface area contributed by atoms with Crippen LogP contribution >= 0.6 is 0 Å². The largest absolute Gasteiger partial charge is 0.353 e. The Morgan fingerprint density at radius 3 is 2.80 bits per heavy atom. The van der Waals surface area contributed by atoms with Crippen molar-refractivity contribution in [1.29, 1.82) is 0 Å². The molecule has 1 saturated carbocycles. The van der Waals surface area contributed by atoms with Gasteiger partial charge in [-0.2, -0.15) is 0 Å². The van der Waals surface area contributed by atoms with Crippen molar-refractivity contribution in [1.82, 2.24) is 0 Å². The SMILES string of the molecule is C=CC1=CCC(OC(C)OCCC2CCCCC2)C=C1. The maximum absolute atomic E-state index is 5.89. The summed E-state index contributed by atoms with van der Waals surface area (Å²) in [6.07, 6.45) is 17.3. The van der Waals surface area contributed by atoms with Crippen molar-refractivity contribution < 1.29 is 9.47 Å². The first-order valence-electron chi connectivity index (χ1n) is 8.06. The van der Waals surface area contributed by atoms with Crippen LogP contribution in [0.1, 0.15) is 51.9 Å². The van der Waals surface area contributed by atoms with Gasteiger partial charge >= 0.3 is 0 Å². The Balaban J connectivity index is 1.58. The average Bonchev–Trinajstić information content (AvgIpc) is 2.49. The lowest BCUT2D eigenvalue weighted by atomic mass is 9.87. The summed E-state index contributed by atoms with van der Waals surface area (Å²) in [4.78, 5) is 0. The van der Waals surface area contributed by atoms with Gasteiger partial charge in [0.15, 0.2) is 6.29 Å². The van der Waals surface area contributed by atoms with E-state index in [-0.39, 0.29) is 12.4 Å². The van der Waals surface area contributed by atoms with Gasteiger partial charge in [0.1, 0.15) is 0 Å². The van der Waals surface area contributed by atoms with Gasteiger partial charge in [-0.1, -0.05) is 63.0 Å². The van der Waals surface area contributed by atoms with Crippen LogP contribution in [0, 0.1) is 5.92 Å². The highest BCUT2D eigenvalue weighted by molar-refractivity contribution is 5.32. The summed E-state index contributed by atoms with van der Waals surface area (Å²) in [7, 11) is 0. The van der Waals surface area contributed by atoms with Crippen molar-refractivity contribution in [2.24, 2.45) is 5.92 Å². The van der Waals surface area contributed by atoms with Gasteiger partial charge in [-0.3, -0.25) is 0 Å². The van der Waals surface area contributed by atoms with E-state index in [1.54, 1.807) is 0 Å². The number of allylic oxidation sites excluding steroid dienone is 3. The average molecular weight is 276 g/mol. The summed E-state index contributed by atoms with van der Waals surface area (Å²) in [5.41, 5.74) is 1.18. The van der Waals surface area contributed by atoms with E-state index < -0.39 is 0 Å². The Labute approximate surface area is 123 Å². The molecule has 0 saturated heterocycles. The van der Waals surface area contributed by atoms with Crippen molar-refractivity contribution in [3.8, 4) is 0 Å². The first-order chi connectivity index (χ1) is 9.78. The molecule has 1 fully saturated rings. The fourth-order valence-electron chi connectivity index (χ4n) is 3.03. The van der Waals surface area contributed by atoms with Crippen LogP contribution in [0.2, 0.25) is 0 Å². The maximum Gasteiger partial charge on any atom is 0.155 e. The zero-order valence-corrected chi connectivity index (χ0v) is 12.7. The lowest BCUT2D eigenvalue weighted by molar-refractivity contribution is -0.150. The minimum atomic E-state index is -0.119. The van der Waals surface area contributed by atoms with E-state index in [2.05, 4.69) is 24.8 Å². The number of hydrogen-bond acceptors (Lipinski definition) is 2. The van der Waals surface area contributed by atoms with Gasteiger partial charge in [-0.25, -0.2) is 0 Å². The van der Waals surface area contributed by atoms with Crippen LogP contribution < -0.4 is 0 Å². The van der Waals surface area contributed by atoms with Crippen LogP contribution in [0.15, 0.2) is 36.5 Å². The minimum absolute atomic E-state index is 0.119. The van der Waals surface area contributed by atoms with Crippen LogP contribution in [0.5, 0.6) is 0 Å². The second-order valence-electron chi connectivity index (χ2n) is 5.91. The highest BCUT2D eigenvalue weighted by Crippen LogP contribution is 2.26. The summed E-state index contributed by atoms with van der Waals surface area (Å²) in [6, 6.07) is 0. The molecule has 2 unspecified atom stereocenters. The molecular weight excluding hydrogens is 248 g/mol. The first kappa shape index (κ1) is 15.5. The smallest absolute Gasteiger partial charge is 0.155 e. The molecule has 2 aliphatic rings. The lowest BCUT2D eigenvalue weighted by Gasteiger charge is -2.24. The van der Waals surface area contributed by atoms with E-state index in [0.717, 1.165) is 18.9 Å². The molecule has 0 N–H and O–H groups in total. The van der Waals surface area contributed by atoms with Gasteiger partial charge in [0.25, 0.3) is 0 Å². The molecule has 20 heavy (non-hydrogen) atoms. The Hall–Kier alpha value is -0.860. The molecule has 0 bridgehead atoms. The molecule has 0 heterocycles. The molecular formula is C18H28O2. The van der Waals surface area contributed by atoms with Gasteiger partial charge in [-0.05, 0) is 31.3 Å². The summed E-state index contributed by atoms with van der Waals surface area (Å²) in [6.45, 7) is 6.60. The van der Waals surface area contributed by atoms with Crippen LogP contribution in [0.3, 0.4) is 0 Å². The van der Waals surface area contributed by atoms with Crippen LogP contribution in [0.25, 0.3) is 0 Å². The molecule has 0 aromatic carbocycles. The normalized spacial score (nSPS) is 25.2. The van der Waals surface area contributed by atoms with E-state index in [4.69, 9.17) is 9.47 Å². The fraction of sp³-hybridized carbons (Fsp3) is 0.667. The fourth-order valence-corrected chi connectivity index (χ4v) is 3.03. The Kier molecular flexibility index (Phi) is 6.55. The molecule has 2 aliphatic carbocycles. The highest BCUT2D eigenvalue weighted by Gasteiger charge is 2.15. The van der Waals surface area contributed by atoms with E-state index in [0.29, 0.717) is 0 Å². The predicted molar refractivity (Wildman–Crippen MR) is 83.5 cm³/mol. The number of ether oxygens (including phenoxy) is 2. The molecule has 2 heteroatoms. The summed E-state index contributed by atoms with van der Waals surface area (Å²) >= 11 is 0. The first-order valence-corrected chi connectivity index (χ1v) is 8.06. The van der Waals surface area contributed by atoms with Gasteiger partial charge in [0.05, 0.1) is 6.10 Å². The zero-order chi connectivity index (χ0) is 14.2. The van der Waals surface area contributed by atoms with Crippen LogP contribution in [0.4, 0.5) is 0 Å². The monoisotopic (exact) mass is 276 g/mol. The molecule has 0 radical (unpaired) electrons. The van der Waals surface area contributed by atoms with Crippen molar-refractivity contribution >= 4 is 0 Å². The molecule has 0 aliphatic heterocycles. The number of hydrogen-bond donors (Lipinski definition) is 0. The van der Waals surface area contributed by atoms with Crippen molar-refractivity contribution in [3.05, 3.63) is 36.5 Å². The predicted octanol–water partition coefficient (Wildman–Crippen LogP) is 4.78. The molecule has 0 aromatic heterocycles. The van der Waals surface area contributed by atoms with Gasteiger partial charge in [0, 0.05) is 6.61 Å². The van der Waals surface area contributed by atoms with Gasteiger partial charge in [-0.15, -0.1) is 0 Å². The van der Waals surface area contributed by atoms with Crippen LogP contribution in [-0.2, 0) is 9.47 Å². The van der Waals surface area contributed by atoms with Crippen LogP contribution in [-0.4, -0.2) is 19.0 Å². The summed E-state index contributed by atoms with van der Waals surface area (Å²) in [5.74, 6) is 0.878. The van der Waals surface area contributed by atoms with Gasteiger partial charge < -0.3 is 9.47 Å². The molecule has 2 nitrogen and oxygen atoms in total. The summed E-state index contributed by atoms with van der Waals surface area (Å²) < 4.78 is 11.7.